The van der Waals surface area contributed by atoms with Crippen molar-refractivity contribution in [3.8, 4) is 11.8 Å². The maximum atomic E-state index is 13.9. The molecule has 1 heterocycles. The molecule has 0 amide bonds. The molecule has 0 fully saturated rings. The summed E-state index contributed by atoms with van der Waals surface area (Å²) in [6.07, 6.45) is 0.968. The van der Waals surface area contributed by atoms with Gasteiger partial charge in [-0.25, -0.2) is 4.39 Å². The summed E-state index contributed by atoms with van der Waals surface area (Å²) < 4.78 is 19.5. The molecule has 1 unspecified atom stereocenters. The van der Waals surface area contributed by atoms with E-state index >= 15 is 0 Å². The van der Waals surface area contributed by atoms with Gasteiger partial charge in [-0.2, -0.15) is 5.26 Å². The first kappa shape index (κ1) is 28.7. The minimum absolute atomic E-state index is 0.00253. The summed E-state index contributed by atoms with van der Waals surface area (Å²) >= 11 is 12.4. The number of hydrogen-bond donors (Lipinski definition) is 1. The number of anilines is 1. The molecule has 2 aliphatic rings. The molecule has 8 heteroatoms. The number of nitrogens with two attached hydrogens (primary N) is 1. The van der Waals surface area contributed by atoms with E-state index in [0.717, 1.165) is 33.6 Å². The van der Waals surface area contributed by atoms with Crippen LogP contribution in [0.1, 0.15) is 54.9 Å². The molecule has 3 aromatic carbocycles. The van der Waals surface area contributed by atoms with Gasteiger partial charge in [0.15, 0.2) is 5.78 Å². The van der Waals surface area contributed by atoms with Crippen LogP contribution in [-0.4, -0.2) is 5.78 Å². The molecule has 0 radical (unpaired) electrons. The van der Waals surface area contributed by atoms with Crippen LogP contribution >= 0.6 is 23.2 Å². The molecule has 1 aliphatic carbocycles. The lowest BCUT2D eigenvalue weighted by molar-refractivity contribution is -0.118. The van der Waals surface area contributed by atoms with Gasteiger partial charge in [-0.15, -0.1) is 0 Å². The van der Waals surface area contributed by atoms with Crippen molar-refractivity contribution < 1.29 is 13.9 Å². The monoisotopic (exact) mass is 589 g/mol. The molecular weight excluding hydrogens is 560 g/mol. The van der Waals surface area contributed by atoms with Gasteiger partial charge in [0.05, 0.1) is 22.6 Å². The predicted octanol–water partition coefficient (Wildman–Crippen LogP) is 8.27. The van der Waals surface area contributed by atoms with Crippen molar-refractivity contribution in [1.29, 1.82) is 5.26 Å². The quantitative estimate of drug-likeness (QED) is 0.324. The highest BCUT2D eigenvalue weighted by Gasteiger charge is 2.45. The summed E-state index contributed by atoms with van der Waals surface area (Å²) in [5.74, 6) is -0.421. The molecule has 0 spiro atoms. The molecule has 5 nitrogen and oxygen atoms in total. The number of carbonyl (C=O) groups excluding carboxylic acids is 1. The first-order valence-corrected chi connectivity index (χ1v) is 14.1. The molecule has 0 saturated carbocycles. The van der Waals surface area contributed by atoms with E-state index in [1.165, 1.54) is 18.2 Å². The number of hydrogen-bond acceptors (Lipinski definition) is 5. The molecule has 2 N–H and O–H groups in total. The summed E-state index contributed by atoms with van der Waals surface area (Å²) in [6, 6.07) is 17.6. The molecule has 5 rings (SSSR count). The van der Waals surface area contributed by atoms with Gasteiger partial charge >= 0.3 is 0 Å². The maximum Gasteiger partial charge on any atom is 0.162 e. The number of ether oxygens (including phenoxy) is 1. The second-order valence-corrected chi connectivity index (χ2v) is 12.3. The van der Waals surface area contributed by atoms with Crippen LogP contribution in [-0.2, 0) is 11.4 Å². The first-order valence-electron chi connectivity index (χ1n) is 13.3. The molecule has 1 aliphatic heterocycles. The van der Waals surface area contributed by atoms with Gasteiger partial charge in [0.25, 0.3) is 0 Å². The fourth-order valence-electron chi connectivity index (χ4n) is 5.87. The molecule has 41 heavy (non-hydrogen) atoms. The number of ketones is 1. The summed E-state index contributed by atoms with van der Waals surface area (Å²) in [5.41, 5.74) is 12.5. The lowest BCUT2D eigenvalue weighted by atomic mass is 9.68. The number of rotatable bonds is 5. The van der Waals surface area contributed by atoms with Crippen LogP contribution in [0.3, 0.4) is 0 Å². The lowest BCUT2D eigenvalue weighted by Gasteiger charge is -2.44. The standard InChI is InChI=1S/C33H30Cl2FN3O2/c1-18-11-20(17-41-29-10-7-22(36)13-26(29)35)19(2)24(12-18)30-25(16-37)32(38)39(23-8-5-21(34)6-9-23)27-14-33(3,4)15-28(40)31(27)30/h5-13,30H,14-15,17,38H2,1-4H3. The Morgan fingerprint density at radius 3 is 2.46 bits per heavy atom. The maximum absolute atomic E-state index is 13.9. The van der Waals surface area contributed by atoms with Crippen molar-refractivity contribution in [2.75, 3.05) is 4.90 Å². The van der Waals surface area contributed by atoms with Crippen LogP contribution in [0, 0.1) is 36.4 Å². The Hall–Kier alpha value is -3.79. The Kier molecular flexibility index (Phi) is 7.63. The van der Waals surface area contributed by atoms with Crippen molar-refractivity contribution in [1.82, 2.24) is 0 Å². The van der Waals surface area contributed by atoms with E-state index in [-0.39, 0.29) is 22.8 Å². The Balaban J connectivity index is 1.66. The van der Waals surface area contributed by atoms with Crippen LogP contribution in [0.5, 0.6) is 5.75 Å². The Bertz CT molecular complexity index is 1670. The van der Waals surface area contributed by atoms with Crippen LogP contribution in [0.25, 0.3) is 0 Å². The lowest BCUT2D eigenvalue weighted by Crippen LogP contribution is -2.42. The van der Waals surface area contributed by atoms with Gasteiger partial charge in [-0.3, -0.25) is 9.69 Å². The molecule has 0 bridgehead atoms. The third kappa shape index (κ3) is 5.45. The van der Waals surface area contributed by atoms with Crippen LogP contribution in [0.4, 0.5) is 10.1 Å². The van der Waals surface area contributed by atoms with Crippen LogP contribution in [0.15, 0.2) is 77.3 Å². The van der Waals surface area contributed by atoms with Gasteiger partial charge in [-0.05, 0) is 84.8 Å². The predicted molar refractivity (Wildman–Crippen MR) is 160 cm³/mol. The van der Waals surface area contributed by atoms with Crippen molar-refractivity contribution in [3.05, 3.63) is 115 Å². The highest BCUT2D eigenvalue weighted by molar-refractivity contribution is 6.32. The minimum Gasteiger partial charge on any atom is -0.487 e. The van der Waals surface area contributed by atoms with E-state index in [9.17, 15) is 14.4 Å². The molecule has 0 saturated heterocycles. The van der Waals surface area contributed by atoms with Crippen molar-refractivity contribution in [3.63, 3.8) is 0 Å². The number of carbonyl (C=O) groups is 1. The average molecular weight is 591 g/mol. The van der Waals surface area contributed by atoms with Crippen molar-refractivity contribution in [2.24, 2.45) is 11.1 Å². The fraction of sp³-hybridized carbons (Fsp3) is 0.273. The fourth-order valence-corrected chi connectivity index (χ4v) is 6.21. The van der Waals surface area contributed by atoms with Gasteiger partial charge in [0.2, 0.25) is 0 Å². The highest BCUT2D eigenvalue weighted by atomic mass is 35.5. The molecule has 0 aromatic heterocycles. The first-order chi connectivity index (χ1) is 19.4. The summed E-state index contributed by atoms with van der Waals surface area (Å²) in [4.78, 5) is 15.8. The zero-order valence-electron chi connectivity index (χ0n) is 23.3. The Morgan fingerprint density at radius 1 is 1.10 bits per heavy atom. The minimum atomic E-state index is -0.629. The zero-order valence-corrected chi connectivity index (χ0v) is 24.8. The number of Topliss-reactive ketones (excluding diaryl/α,β-unsaturated/α-hetero) is 1. The summed E-state index contributed by atoms with van der Waals surface area (Å²) in [5, 5.41) is 11.2. The van der Waals surface area contributed by atoms with E-state index in [2.05, 4.69) is 19.9 Å². The molecule has 210 valence electrons. The topological polar surface area (TPSA) is 79.3 Å². The number of nitrogens with zero attached hydrogens (tertiary/aromatic N) is 2. The Morgan fingerprint density at radius 2 is 1.80 bits per heavy atom. The highest BCUT2D eigenvalue weighted by Crippen LogP contribution is 2.51. The van der Waals surface area contributed by atoms with E-state index in [1.807, 2.05) is 43.0 Å². The zero-order chi connectivity index (χ0) is 29.6. The number of aryl methyl sites for hydroxylation is 1. The van der Waals surface area contributed by atoms with Crippen LogP contribution < -0.4 is 15.4 Å². The average Bonchev–Trinajstić information content (AvgIpc) is 2.89. The van der Waals surface area contributed by atoms with E-state index < -0.39 is 11.7 Å². The molecule has 1 atom stereocenters. The third-order valence-electron chi connectivity index (χ3n) is 7.75. The molecule has 3 aromatic rings. The molecular formula is C33H30Cl2FN3O2. The smallest absolute Gasteiger partial charge is 0.162 e. The number of halogens is 3. The largest absolute Gasteiger partial charge is 0.487 e. The SMILES string of the molecule is Cc1cc(COc2ccc(F)cc2Cl)c(C)c(C2C(C#N)=C(N)N(c3ccc(Cl)cc3)C3=C2C(=O)CC(C)(C)C3)c1. The number of allylic oxidation sites excluding steroid dienone is 3. The number of benzene rings is 3. The van der Waals surface area contributed by atoms with E-state index in [4.69, 9.17) is 33.7 Å². The normalized spacial score (nSPS) is 18.3. The number of nitriles is 1. The van der Waals surface area contributed by atoms with Crippen molar-refractivity contribution in [2.45, 2.75) is 53.1 Å². The van der Waals surface area contributed by atoms with Gasteiger partial charge in [0.1, 0.15) is 24.0 Å². The van der Waals surface area contributed by atoms with E-state index in [0.29, 0.717) is 40.6 Å². The summed E-state index contributed by atoms with van der Waals surface area (Å²) in [7, 11) is 0. The second-order valence-electron chi connectivity index (χ2n) is 11.5. The van der Waals surface area contributed by atoms with Gasteiger partial charge < -0.3 is 10.5 Å². The summed E-state index contributed by atoms with van der Waals surface area (Å²) in [6.45, 7) is 8.21. The van der Waals surface area contributed by atoms with Crippen molar-refractivity contribution >= 4 is 34.7 Å². The van der Waals surface area contributed by atoms with E-state index in [1.54, 1.807) is 12.1 Å². The Labute approximate surface area is 249 Å². The van der Waals surface area contributed by atoms with Gasteiger partial charge in [0, 0.05) is 28.4 Å². The van der Waals surface area contributed by atoms with Crippen LogP contribution in [0.2, 0.25) is 10.0 Å². The second kappa shape index (κ2) is 10.9. The van der Waals surface area contributed by atoms with Gasteiger partial charge in [-0.1, -0.05) is 54.7 Å². The third-order valence-corrected chi connectivity index (χ3v) is 8.30.